The van der Waals surface area contributed by atoms with Gasteiger partial charge in [-0.2, -0.15) is 0 Å². The zero-order valence-corrected chi connectivity index (χ0v) is 13.1. The van der Waals surface area contributed by atoms with Gasteiger partial charge >= 0.3 is 0 Å². The standard InChI is InChI=1S/C16H26N2O2/c1-12(13-6-8-14(20-5)9-7-13)18-15(19)10-11-17-16(2,3)4/h6-9,12,17H,10-11H2,1-5H3,(H,18,19). The molecule has 20 heavy (non-hydrogen) atoms. The highest BCUT2D eigenvalue weighted by Gasteiger charge is 2.12. The summed E-state index contributed by atoms with van der Waals surface area (Å²) in [5.41, 5.74) is 1.12. The van der Waals surface area contributed by atoms with Gasteiger partial charge < -0.3 is 15.4 Å². The Morgan fingerprint density at radius 1 is 1.25 bits per heavy atom. The number of amides is 1. The third kappa shape index (κ3) is 6.06. The lowest BCUT2D eigenvalue weighted by Crippen LogP contribution is -2.38. The Labute approximate surface area is 121 Å². The first-order valence-corrected chi connectivity index (χ1v) is 7.00. The van der Waals surface area contributed by atoms with Gasteiger partial charge in [-0.3, -0.25) is 4.79 Å². The maximum atomic E-state index is 11.9. The van der Waals surface area contributed by atoms with Crippen molar-refractivity contribution in [2.75, 3.05) is 13.7 Å². The van der Waals surface area contributed by atoms with Crippen LogP contribution in [-0.2, 0) is 4.79 Å². The van der Waals surface area contributed by atoms with Crippen LogP contribution in [0, 0.1) is 0 Å². The summed E-state index contributed by atoms with van der Waals surface area (Å²) in [4.78, 5) is 11.9. The summed E-state index contributed by atoms with van der Waals surface area (Å²) in [6.45, 7) is 8.93. The number of ether oxygens (including phenoxy) is 1. The highest BCUT2D eigenvalue weighted by molar-refractivity contribution is 5.76. The van der Waals surface area contributed by atoms with Gasteiger partial charge in [0, 0.05) is 18.5 Å². The van der Waals surface area contributed by atoms with Crippen LogP contribution in [0.25, 0.3) is 0 Å². The van der Waals surface area contributed by atoms with Crippen LogP contribution in [-0.4, -0.2) is 25.1 Å². The minimum absolute atomic E-state index is 0.00282. The second-order valence-corrected chi connectivity index (χ2v) is 5.99. The molecule has 112 valence electrons. The molecule has 2 N–H and O–H groups in total. The lowest BCUT2D eigenvalue weighted by Gasteiger charge is -2.21. The van der Waals surface area contributed by atoms with Gasteiger partial charge in [0.15, 0.2) is 0 Å². The van der Waals surface area contributed by atoms with Crippen molar-refractivity contribution >= 4 is 5.91 Å². The second-order valence-electron chi connectivity index (χ2n) is 5.99. The minimum Gasteiger partial charge on any atom is -0.497 e. The molecule has 0 fully saturated rings. The van der Waals surface area contributed by atoms with Crippen molar-refractivity contribution < 1.29 is 9.53 Å². The smallest absolute Gasteiger partial charge is 0.221 e. The van der Waals surface area contributed by atoms with Gasteiger partial charge in [0.25, 0.3) is 0 Å². The van der Waals surface area contributed by atoms with Crippen LogP contribution in [0.3, 0.4) is 0 Å². The SMILES string of the molecule is COc1ccc(C(C)NC(=O)CCNC(C)(C)C)cc1. The molecular formula is C16H26N2O2. The van der Waals surface area contributed by atoms with E-state index in [-0.39, 0.29) is 17.5 Å². The molecule has 1 aromatic carbocycles. The molecule has 1 unspecified atom stereocenters. The van der Waals surface area contributed by atoms with Crippen molar-refractivity contribution in [3.8, 4) is 5.75 Å². The number of carbonyl (C=O) groups is 1. The van der Waals surface area contributed by atoms with Crippen LogP contribution in [0.1, 0.15) is 45.7 Å². The van der Waals surface area contributed by atoms with E-state index in [1.54, 1.807) is 7.11 Å². The van der Waals surface area contributed by atoms with E-state index in [4.69, 9.17) is 4.74 Å². The molecule has 0 radical (unpaired) electrons. The van der Waals surface area contributed by atoms with E-state index in [1.807, 2.05) is 31.2 Å². The van der Waals surface area contributed by atoms with E-state index >= 15 is 0 Å². The molecule has 0 aliphatic carbocycles. The van der Waals surface area contributed by atoms with E-state index in [0.29, 0.717) is 13.0 Å². The highest BCUT2D eigenvalue weighted by Crippen LogP contribution is 2.17. The first kappa shape index (κ1) is 16.5. The van der Waals surface area contributed by atoms with E-state index in [9.17, 15) is 4.79 Å². The van der Waals surface area contributed by atoms with Crippen LogP contribution in [0.2, 0.25) is 0 Å². The Hall–Kier alpha value is -1.55. The van der Waals surface area contributed by atoms with Crippen molar-refractivity contribution in [3.05, 3.63) is 29.8 Å². The zero-order chi connectivity index (χ0) is 15.2. The fraction of sp³-hybridized carbons (Fsp3) is 0.562. The summed E-state index contributed by atoms with van der Waals surface area (Å²) < 4.78 is 5.12. The summed E-state index contributed by atoms with van der Waals surface area (Å²) in [7, 11) is 1.64. The third-order valence-electron chi connectivity index (χ3n) is 3.00. The van der Waals surface area contributed by atoms with Crippen LogP contribution in [0.15, 0.2) is 24.3 Å². The average molecular weight is 278 g/mol. The molecule has 1 rings (SSSR count). The summed E-state index contributed by atoms with van der Waals surface area (Å²) in [5, 5.41) is 6.30. The molecule has 0 aromatic heterocycles. The van der Waals surface area contributed by atoms with Crippen LogP contribution in [0.5, 0.6) is 5.75 Å². The normalized spacial score (nSPS) is 12.8. The molecule has 0 saturated heterocycles. The third-order valence-corrected chi connectivity index (χ3v) is 3.00. The van der Waals surface area contributed by atoms with Crippen LogP contribution in [0.4, 0.5) is 0 Å². The molecule has 1 amide bonds. The Kier molecular flexibility index (Phi) is 6.02. The summed E-state index contributed by atoms with van der Waals surface area (Å²) in [6, 6.07) is 7.75. The first-order chi connectivity index (χ1) is 9.31. The first-order valence-electron chi connectivity index (χ1n) is 7.00. The molecule has 0 spiro atoms. The molecule has 0 aliphatic rings. The largest absolute Gasteiger partial charge is 0.497 e. The number of methoxy groups -OCH3 is 1. The number of hydrogen-bond donors (Lipinski definition) is 2. The monoisotopic (exact) mass is 278 g/mol. The number of hydrogen-bond acceptors (Lipinski definition) is 3. The topological polar surface area (TPSA) is 50.4 Å². The molecule has 1 atom stereocenters. The summed E-state index contributed by atoms with van der Waals surface area (Å²) >= 11 is 0. The van der Waals surface area contributed by atoms with Gasteiger partial charge in [-0.1, -0.05) is 12.1 Å². The van der Waals surface area contributed by atoms with E-state index < -0.39 is 0 Å². The molecule has 1 aromatic rings. The van der Waals surface area contributed by atoms with Crippen molar-refractivity contribution in [1.82, 2.24) is 10.6 Å². The van der Waals surface area contributed by atoms with Gasteiger partial charge in [0.05, 0.1) is 13.2 Å². The minimum atomic E-state index is 0.00282. The van der Waals surface area contributed by atoms with Gasteiger partial charge in [-0.05, 0) is 45.4 Å². The fourth-order valence-electron chi connectivity index (χ4n) is 1.84. The zero-order valence-electron chi connectivity index (χ0n) is 13.1. The molecule has 0 heterocycles. The molecule has 0 saturated carbocycles. The second kappa shape index (κ2) is 7.29. The number of nitrogens with one attached hydrogen (secondary N) is 2. The van der Waals surface area contributed by atoms with Crippen molar-refractivity contribution in [2.24, 2.45) is 0 Å². The maximum absolute atomic E-state index is 11.9. The van der Waals surface area contributed by atoms with Crippen molar-refractivity contribution in [3.63, 3.8) is 0 Å². The Bertz CT molecular complexity index is 421. The average Bonchev–Trinajstić information content (AvgIpc) is 2.37. The molecular weight excluding hydrogens is 252 g/mol. The number of carbonyl (C=O) groups excluding carboxylic acids is 1. The van der Waals surface area contributed by atoms with Gasteiger partial charge in [0.1, 0.15) is 5.75 Å². The Morgan fingerprint density at radius 2 is 1.85 bits per heavy atom. The van der Waals surface area contributed by atoms with Crippen LogP contribution < -0.4 is 15.4 Å². The molecule has 0 aliphatic heterocycles. The lowest BCUT2D eigenvalue weighted by atomic mass is 10.1. The molecule has 0 bridgehead atoms. The lowest BCUT2D eigenvalue weighted by molar-refractivity contribution is -0.121. The Balaban J connectivity index is 2.40. The Morgan fingerprint density at radius 3 is 2.35 bits per heavy atom. The van der Waals surface area contributed by atoms with Crippen molar-refractivity contribution in [1.29, 1.82) is 0 Å². The van der Waals surface area contributed by atoms with Gasteiger partial charge in [-0.25, -0.2) is 0 Å². The molecule has 4 nitrogen and oxygen atoms in total. The van der Waals surface area contributed by atoms with E-state index in [2.05, 4.69) is 31.4 Å². The maximum Gasteiger partial charge on any atom is 0.221 e. The van der Waals surface area contributed by atoms with E-state index in [0.717, 1.165) is 11.3 Å². The molecule has 4 heteroatoms. The number of rotatable bonds is 6. The fourth-order valence-corrected chi connectivity index (χ4v) is 1.84. The van der Waals surface area contributed by atoms with Gasteiger partial charge in [-0.15, -0.1) is 0 Å². The predicted molar refractivity (Wildman–Crippen MR) is 81.9 cm³/mol. The summed E-state index contributed by atoms with van der Waals surface area (Å²) in [5.74, 6) is 0.881. The number of benzene rings is 1. The van der Waals surface area contributed by atoms with Crippen LogP contribution >= 0.6 is 0 Å². The highest BCUT2D eigenvalue weighted by atomic mass is 16.5. The van der Waals surface area contributed by atoms with Crippen molar-refractivity contribution in [2.45, 2.75) is 45.7 Å². The quantitative estimate of drug-likeness (QED) is 0.841. The van der Waals surface area contributed by atoms with Gasteiger partial charge in [0.2, 0.25) is 5.91 Å². The van der Waals surface area contributed by atoms with E-state index in [1.165, 1.54) is 0 Å². The summed E-state index contributed by atoms with van der Waals surface area (Å²) in [6.07, 6.45) is 0.484. The predicted octanol–water partition coefficient (Wildman–Crippen LogP) is 2.65.